The predicted molar refractivity (Wildman–Crippen MR) is 65.0 cm³/mol. The second-order valence-corrected chi connectivity index (χ2v) is 5.66. The van der Waals surface area contributed by atoms with E-state index in [1.54, 1.807) is 7.11 Å². The zero-order valence-electron chi connectivity index (χ0n) is 10.9. The molecule has 0 aliphatic heterocycles. The molecule has 2 aliphatic rings. The van der Waals surface area contributed by atoms with Crippen molar-refractivity contribution in [2.24, 2.45) is 17.8 Å². The van der Waals surface area contributed by atoms with Gasteiger partial charge in [-0.1, -0.05) is 6.92 Å². The number of carboxylic acid groups (broad SMARTS) is 1. The van der Waals surface area contributed by atoms with Gasteiger partial charge in [0.1, 0.15) is 0 Å². The Labute approximate surface area is 107 Å². The number of nitrogens with one attached hydrogen (secondary N) is 1. The summed E-state index contributed by atoms with van der Waals surface area (Å²) in [5, 5.41) is 12.1. The molecule has 5 heteroatoms. The molecule has 3 atom stereocenters. The van der Waals surface area contributed by atoms with Crippen LogP contribution in [0.5, 0.6) is 0 Å². The minimum absolute atomic E-state index is 0.0914. The number of amides is 1. The zero-order chi connectivity index (χ0) is 13.3. The van der Waals surface area contributed by atoms with Gasteiger partial charge in [-0.2, -0.15) is 0 Å². The molecule has 2 rings (SSSR count). The van der Waals surface area contributed by atoms with Crippen molar-refractivity contribution in [3.63, 3.8) is 0 Å². The largest absolute Gasteiger partial charge is 0.481 e. The summed E-state index contributed by atoms with van der Waals surface area (Å²) in [7, 11) is 1.67. The molecule has 2 N–H and O–H groups in total. The molecule has 0 heterocycles. The quantitative estimate of drug-likeness (QED) is 0.786. The number of ether oxygens (including phenoxy) is 1. The van der Waals surface area contributed by atoms with E-state index in [9.17, 15) is 9.59 Å². The van der Waals surface area contributed by atoms with Gasteiger partial charge < -0.3 is 15.2 Å². The van der Waals surface area contributed by atoms with Crippen LogP contribution in [0.3, 0.4) is 0 Å². The van der Waals surface area contributed by atoms with Gasteiger partial charge in [-0.05, 0) is 31.6 Å². The Kier molecular flexibility index (Phi) is 3.90. The molecule has 0 aromatic heterocycles. The molecule has 0 radical (unpaired) electrons. The number of carbonyl (C=O) groups excluding carboxylic acids is 1. The van der Waals surface area contributed by atoms with Crippen LogP contribution in [-0.4, -0.2) is 36.2 Å². The maximum atomic E-state index is 12.1. The molecule has 18 heavy (non-hydrogen) atoms. The summed E-state index contributed by atoms with van der Waals surface area (Å²) in [5.74, 6) is -1.50. The number of hydrogen-bond donors (Lipinski definition) is 2. The zero-order valence-corrected chi connectivity index (χ0v) is 10.9. The second-order valence-electron chi connectivity index (χ2n) is 5.66. The lowest BCUT2D eigenvalue weighted by molar-refractivity contribution is -0.146. The fraction of sp³-hybridized carbons (Fsp3) is 0.846. The smallest absolute Gasteiger partial charge is 0.307 e. The Morgan fingerprint density at radius 1 is 1.17 bits per heavy atom. The molecule has 0 aromatic rings. The van der Waals surface area contributed by atoms with Crippen molar-refractivity contribution < 1.29 is 19.4 Å². The molecule has 5 nitrogen and oxygen atoms in total. The highest BCUT2D eigenvalue weighted by atomic mass is 16.5. The SMILES string of the molecule is COC1CC(NC(=O)[C@H]2CC(C)C[C@H]2C(=O)O)C1. The van der Waals surface area contributed by atoms with E-state index < -0.39 is 11.9 Å². The van der Waals surface area contributed by atoms with Crippen LogP contribution >= 0.6 is 0 Å². The molecule has 0 spiro atoms. The Hall–Kier alpha value is -1.10. The van der Waals surface area contributed by atoms with E-state index >= 15 is 0 Å². The number of hydrogen-bond acceptors (Lipinski definition) is 3. The van der Waals surface area contributed by atoms with Crippen LogP contribution < -0.4 is 5.32 Å². The van der Waals surface area contributed by atoms with Gasteiger partial charge in [-0.25, -0.2) is 0 Å². The molecule has 2 aliphatic carbocycles. The topological polar surface area (TPSA) is 75.6 Å². The van der Waals surface area contributed by atoms with Crippen LogP contribution in [0.2, 0.25) is 0 Å². The molecule has 1 amide bonds. The normalized spacial score (nSPS) is 39.1. The molecule has 0 saturated heterocycles. The summed E-state index contributed by atoms with van der Waals surface area (Å²) >= 11 is 0. The minimum atomic E-state index is -0.845. The molecule has 2 fully saturated rings. The number of methoxy groups -OCH3 is 1. The predicted octanol–water partition coefficient (Wildman–Crippen LogP) is 1.03. The van der Waals surface area contributed by atoms with E-state index in [0.717, 1.165) is 12.8 Å². The minimum Gasteiger partial charge on any atom is -0.481 e. The summed E-state index contributed by atoms with van der Waals surface area (Å²) in [4.78, 5) is 23.2. The summed E-state index contributed by atoms with van der Waals surface area (Å²) in [6, 6.07) is 0.160. The van der Waals surface area contributed by atoms with Crippen LogP contribution in [0.4, 0.5) is 0 Å². The summed E-state index contributed by atoms with van der Waals surface area (Å²) in [6.45, 7) is 2.01. The molecule has 0 aromatic carbocycles. The Bertz CT molecular complexity index is 338. The maximum absolute atomic E-state index is 12.1. The third-order valence-electron chi connectivity index (χ3n) is 4.23. The van der Waals surface area contributed by atoms with Gasteiger partial charge in [0.25, 0.3) is 0 Å². The maximum Gasteiger partial charge on any atom is 0.307 e. The van der Waals surface area contributed by atoms with E-state index in [4.69, 9.17) is 9.84 Å². The van der Waals surface area contributed by atoms with E-state index in [2.05, 4.69) is 5.32 Å². The van der Waals surface area contributed by atoms with Crippen molar-refractivity contribution in [1.29, 1.82) is 0 Å². The van der Waals surface area contributed by atoms with E-state index in [1.165, 1.54) is 0 Å². The van der Waals surface area contributed by atoms with Gasteiger partial charge in [-0.15, -0.1) is 0 Å². The second kappa shape index (κ2) is 5.26. The van der Waals surface area contributed by atoms with Gasteiger partial charge in [0.05, 0.1) is 17.9 Å². The number of carbonyl (C=O) groups is 2. The summed E-state index contributed by atoms with van der Waals surface area (Å²) < 4.78 is 5.15. The molecule has 1 unspecified atom stereocenters. The lowest BCUT2D eigenvalue weighted by Crippen LogP contribution is -2.50. The number of rotatable bonds is 4. The monoisotopic (exact) mass is 255 g/mol. The fourth-order valence-electron chi connectivity index (χ4n) is 3.04. The van der Waals surface area contributed by atoms with Gasteiger partial charge in [0.2, 0.25) is 5.91 Å². The molecular weight excluding hydrogens is 234 g/mol. The average Bonchev–Trinajstić information content (AvgIpc) is 2.65. The van der Waals surface area contributed by atoms with Crippen molar-refractivity contribution in [2.75, 3.05) is 7.11 Å². The highest BCUT2D eigenvalue weighted by molar-refractivity contribution is 5.85. The highest BCUT2D eigenvalue weighted by Crippen LogP contribution is 2.37. The van der Waals surface area contributed by atoms with Crippen molar-refractivity contribution in [3.05, 3.63) is 0 Å². The lowest BCUT2D eigenvalue weighted by atomic mass is 9.87. The molecule has 0 bridgehead atoms. The molecular formula is C13H21NO4. The van der Waals surface area contributed by atoms with Crippen molar-refractivity contribution in [2.45, 2.75) is 44.8 Å². The van der Waals surface area contributed by atoms with Gasteiger partial charge in [0.15, 0.2) is 0 Å². The van der Waals surface area contributed by atoms with Gasteiger partial charge in [0, 0.05) is 13.2 Å². The third-order valence-corrected chi connectivity index (χ3v) is 4.23. The van der Waals surface area contributed by atoms with E-state index in [0.29, 0.717) is 18.8 Å². The first-order valence-corrected chi connectivity index (χ1v) is 6.57. The molecule has 2 saturated carbocycles. The summed E-state index contributed by atoms with van der Waals surface area (Å²) in [5.41, 5.74) is 0. The van der Waals surface area contributed by atoms with Crippen LogP contribution in [0, 0.1) is 17.8 Å². The van der Waals surface area contributed by atoms with Crippen LogP contribution in [-0.2, 0) is 14.3 Å². The highest BCUT2D eigenvalue weighted by Gasteiger charge is 2.42. The Balaban J connectivity index is 1.86. The Morgan fingerprint density at radius 2 is 1.78 bits per heavy atom. The van der Waals surface area contributed by atoms with E-state index in [-0.39, 0.29) is 24.0 Å². The van der Waals surface area contributed by atoms with Gasteiger partial charge >= 0.3 is 5.97 Å². The summed E-state index contributed by atoms with van der Waals surface area (Å²) in [6.07, 6.45) is 3.21. The van der Waals surface area contributed by atoms with Gasteiger partial charge in [-0.3, -0.25) is 9.59 Å². The average molecular weight is 255 g/mol. The standard InChI is InChI=1S/C13H21NO4/c1-7-3-10(11(4-7)13(16)17)12(15)14-8-5-9(6-8)18-2/h7-11H,3-6H2,1-2H3,(H,14,15)(H,16,17)/t7?,8?,9?,10-,11+/m0/s1. The van der Waals surface area contributed by atoms with E-state index in [1.807, 2.05) is 6.92 Å². The lowest BCUT2D eigenvalue weighted by Gasteiger charge is -2.35. The fourth-order valence-corrected chi connectivity index (χ4v) is 3.04. The van der Waals surface area contributed by atoms with Crippen molar-refractivity contribution in [1.82, 2.24) is 5.32 Å². The first-order chi connectivity index (χ1) is 8.51. The van der Waals surface area contributed by atoms with Crippen molar-refractivity contribution in [3.8, 4) is 0 Å². The van der Waals surface area contributed by atoms with Crippen LogP contribution in [0.15, 0.2) is 0 Å². The van der Waals surface area contributed by atoms with Crippen molar-refractivity contribution >= 4 is 11.9 Å². The first-order valence-electron chi connectivity index (χ1n) is 6.57. The Morgan fingerprint density at radius 3 is 2.33 bits per heavy atom. The van der Waals surface area contributed by atoms with Crippen LogP contribution in [0.25, 0.3) is 0 Å². The third kappa shape index (κ3) is 2.66. The first kappa shape index (κ1) is 13.3. The number of aliphatic carboxylic acids is 1. The van der Waals surface area contributed by atoms with Crippen LogP contribution in [0.1, 0.15) is 32.6 Å². The molecule has 102 valence electrons. The number of carboxylic acids is 1.